The molecule has 10 heteroatoms. The molecular formula is C14H17Cl3N2O2S3. The summed E-state index contributed by atoms with van der Waals surface area (Å²) >= 11 is 20.5. The van der Waals surface area contributed by atoms with Crippen LogP contribution in [0, 0.1) is 10.7 Å². The Labute approximate surface area is 166 Å². The van der Waals surface area contributed by atoms with Crippen molar-refractivity contribution in [3.05, 3.63) is 21.1 Å². The monoisotopic (exact) mass is 446 g/mol. The zero-order valence-electron chi connectivity index (χ0n) is 13.2. The molecule has 1 aromatic rings. The maximum atomic E-state index is 13.1. The lowest BCUT2D eigenvalue weighted by atomic mass is 10.3. The normalized spacial score (nSPS) is 11.7. The van der Waals surface area contributed by atoms with Crippen molar-refractivity contribution in [3.8, 4) is 5.40 Å². The molecule has 0 saturated carbocycles. The van der Waals surface area contributed by atoms with Gasteiger partial charge >= 0.3 is 0 Å². The summed E-state index contributed by atoms with van der Waals surface area (Å²) in [5.41, 5.74) is 0. The fraction of sp³-hybridized carbons (Fsp3) is 0.500. The molecule has 0 atom stereocenters. The van der Waals surface area contributed by atoms with Gasteiger partial charge in [0.15, 0.2) is 0 Å². The maximum absolute atomic E-state index is 13.1. The van der Waals surface area contributed by atoms with Crippen LogP contribution in [0.3, 0.4) is 0 Å². The van der Waals surface area contributed by atoms with Gasteiger partial charge in [0.05, 0.1) is 25.0 Å². The van der Waals surface area contributed by atoms with E-state index in [1.54, 1.807) is 0 Å². The lowest BCUT2D eigenvalue weighted by Gasteiger charge is -2.23. The Morgan fingerprint density at radius 2 is 1.75 bits per heavy atom. The molecule has 0 fully saturated rings. The Balaban J connectivity index is 3.46. The molecule has 1 rings (SSSR count). The maximum Gasteiger partial charge on any atom is 0.244 e. The smallest absolute Gasteiger partial charge is 0.207 e. The molecule has 1 aromatic carbocycles. The van der Waals surface area contributed by atoms with Crippen LogP contribution in [0.15, 0.2) is 15.9 Å². The van der Waals surface area contributed by atoms with E-state index in [-0.39, 0.29) is 20.0 Å². The second kappa shape index (κ2) is 10.4. The minimum Gasteiger partial charge on any atom is -0.207 e. The standard InChI is InChI=1S/C14H17Cl3N2O2S3/c1-3-5-19(6-4-2)24(20,21)11-7-10(15)12(16)13(17)14(11)23-9-22-8-18/h7H,3-6,9H2,1-2H3. The number of thiocyanates is 1. The minimum absolute atomic E-state index is 0.0346. The summed E-state index contributed by atoms with van der Waals surface area (Å²) in [6.07, 6.45) is 1.39. The third kappa shape index (κ3) is 5.34. The van der Waals surface area contributed by atoms with E-state index < -0.39 is 10.0 Å². The van der Waals surface area contributed by atoms with Gasteiger partial charge in [-0.2, -0.15) is 9.57 Å². The van der Waals surface area contributed by atoms with Gasteiger partial charge in [0.25, 0.3) is 0 Å². The number of nitrogens with zero attached hydrogens (tertiary/aromatic N) is 2. The van der Waals surface area contributed by atoms with Crippen LogP contribution in [-0.2, 0) is 10.0 Å². The molecule has 0 aromatic heterocycles. The van der Waals surface area contributed by atoms with Crippen LogP contribution in [0.1, 0.15) is 26.7 Å². The number of benzene rings is 1. The fourth-order valence-corrected chi connectivity index (χ4v) is 6.50. The Morgan fingerprint density at radius 3 is 2.25 bits per heavy atom. The summed E-state index contributed by atoms with van der Waals surface area (Å²) in [6, 6.07) is 1.34. The van der Waals surface area contributed by atoms with Gasteiger partial charge in [-0.25, -0.2) is 8.42 Å². The van der Waals surface area contributed by atoms with Gasteiger partial charge in [-0.05, 0) is 30.7 Å². The van der Waals surface area contributed by atoms with Crippen molar-refractivity contribution in [2.75, 3.05) is 18.2 Å². The third-order valence-corrected chi connectivity index (χ3v) is 8.18. The quantitative estimate of drug-likeness (QED) is 0.159. The van der Waals surface area contributed by atoms with Crippen LogP contribution in [0.4, 0.5) is 0 Å². The van der Waals surface area contributed by atoms with E-state index in [1.165, 1.54) is 10.4 Å². The molecule has 24 heavy (non-hydrogen) atoms. The Kier molecular flexibility index (Phi) is 9.60. The fourth-order valence-electron chi connectivity index (χ4n) is 1.99. The van der Waals surface area contributed by atoms with Crippen molar-refractivity contribution in [1.82, 2.24) is 4.31 Å². The van der Waals surface area contributed by atoms with Gasteiger partial charge in [-0.15, -0.1) is 11.8 Å². The number of nitriles is 1. The zero-order chi connectivity index (χ0) is 18.3. The van der Waals surface area contributed by atoms with Crippen molar-refractivity contribution in [2.24, 2.45) is 0 Å². The van der Waals surface area contributed by atoms with Crippen LogP contribution in [-0.4, -0.2) is 30.9 Å². The highest BCUT2D eigenvalue weighted by Crippen LogP contribution is 2.43. The Morgan fingerprint density at radius 1 is 1.17 bits per heavy atom. The Hall–Kier alpha value is 0.190. The highest BCUT2D eigenvalue weighted by Gasteiger charge is 2.29. The highest BCUT2D eigenvalue weighted by molar-refractivity contribution is 8.18. The van der Waals surface area contributed by atoms with Gasteiger partial charge in [0, 0.05) is 18.0 Å². The van der Waals surface area contributed by atoms with Crippen molar-refractivity contribution in [2.45, 2.75) is 36.5 Å². The molecule has 4 nitrogen and oxygen atoms in total. The molecule has 0 amide bonds. The van der Waals surface area contributed by atoms with E-state index in [0.717, 1.165) is 23.5 Å². The van der Waals surface area contributed by atoms with Gasteiger partial charge < -0.3 is 0 Å². The molecular weight excluding hydrogens is 431 g/mol. The summed E-state index contributed by atoms with van der Waals surface area (Å²) in [5.74, 6) is 0. The van der Waals surface area contributed by atoms with E-state index in [4.69, 9.17) is 40.1 Å². The van der Waals surface area contributed by atoms with Crippen molar-refractivity contribution in [3.63, 3.8) is 0 Å². The van der Waals surface area contributed by atoms with Crippen LogP contribution >= 0.6 is 58.3 Å². The van der Waals surface area contributed by atoms with Crippen LogP contribution in [0.25, 0.3) is 0 Å². The summed E-state index contributed by atoms with van der Waals surface area (Å²) in [5, 5.41) is 11.2. The van der Waals surface area contributed by atoms with E-state index in [0.29, 0.717) is 35.9 Å². The minimum atomic E-state index is -3.76. The van der Waals surface area contributed by atoms with Gasteiger partial charge in [-0.1, -0.05) is 48.7 Å². The molecule has 0 N–H and O–H groups in total. The van der Waals surface area contributed by atoms with Gasteiger partial charge in [-0.3, -0.25) is 0 Å². The second-order valence-electron chi connectivity index (χ2n) is 4.72. The van der Waals surface area contributed by atoms with Gasteiger partial charge in [0.1, 0.15) is 5.40 Å². The van der Waals surface area contributed by atoms with Crippen molar-refractivity contribution < 1.29 is 8.42 Å². The third-order valence-electron chi connectivity index (χ3n) is 2.97. The number of hydrogen-bond acceptors (Lipinski definition) is 5. The lowest BCUT2D eigenvalue weighted by molar-refractivity contribution is 0.409. The SMILES string of the molecule is CCCN(CCC)S(=O)(=O)c1cc(Cl)c(Cl)c(Cl)c1SCSC#N. The first-order valence-corrected chi connectivity index (χ1v) is 11.7. The van der Waals surface area contributed by atoms with Crippen LogP contribution < -0.4 is 0 Å². The number of halogens is 3. The van der Waals surface area contributed by atoms with Crippen molar-refractivity contribution in [1.29, 1.82) is 5.26 Å². The average Bonchev–Trinajstić information content (AvgIpc) is 2.54. The summed E-state index contributed by atoms with van der Waals surface area (Å²) in [4.78, 5) is 0.360. The topological polar surface area (TPSA) is 61.2 Å². The lowest BCUT2D eigenvalue weighted by Crippen LogP contribution is -2.33. The number of thioether (sulfide) groups is 2. The first-order chi connectivity index (χ1) is 11.3. The predicted molar refractivity (Wildman–Crippen MR) is 105 cm³/mol. The number of rotatable bonds is 9. The Bertz CT molecular complexity index is 715. The van der Waals surface area contributed by atoms with Crippen LogP contribution in [0.5, 0.6) is 0 Å². The first-order valence-electron chi connectivity index (χ1n) is 7.12. The molecule has 0 aliphatic heterocycles. The molecule has 0 unspecified atom stereocenters. The summed E-state index contributed by atoms with van der Waals surface area (Å²) in [7, 11) is -3.76. The highest BCUT2D eigenvalue weighted by atomic mass is 35.5. The molecule has 0 aliphatic carbocycles. The first kappa shape index (κ1) is 22.2. The van der Waals surface area contributed by atoms with E-state index in [2.05, 4.69) is 0 Å². The number of hydrogen-bond donors (Lipinski definition) is 0. The number of sulfonamides is 1. The molecule has 0 aliphatic rings. The molecule has 0 heterocycles. The zero-order valence-corrected chi connectivity index (χ0v) is 17.9. The van der Waals surface area contributed by atoms with E-state index in [1.807, 2.05) is 19.2 Å². The molecule has 0 saturated heterocycles. The van der Waals surface area contributed by atoms with Crippen molar-refractivity contribution >= 4 is 68.3 Å². The average molecular weight is 448 g/mol. The van der Waals surface area contributed by atoms with E-state index >= 15 is 0 Å². The van der Waals surface area contributed by atoms with Crippen LogP contribution in [0.2, 0.25) is 15.1 Å². The molecule has 0 radical (unpaired) electrons. The molecule has 0 bridgehead atoms. The molecule has 134 valence electrons. The predicted octanol–water partition coefficient (Wildman–Crippen LogP) is 5.72. The van der Waals surface area contributed by atoms with E-state index in [9.17, 15) is 8.42 Å². The largest absolute Gasteiger partial charge is 0.244 e. The van der Waals surface area contributed by atoms with Gasteiger partial charge in [0.2, 0.25) is 10.0 Å². The second-order valence-corrected chi connectivity index (χ2v) is 9.90. The summed E-state index contributed by atoms with van der Waals surface area (Å²) in [6.45, 7) is 4.65. The summed E-state index contributed by atoms with van der Waals surface area (Å²) < 4.78 is 27.5. The molecule has 0 spiro atoms.